The van der Waals surface area contributed by atoms with E-state index in [4.69, 9.17) is 0 Å². The first kappa shape index (κ1) is 12.6. The number of aryl methyl sites for hydroxylation is 2. The van der Waals surface area contributed by atoms with Gasteiger partial charge in [0.25, 0.3) is 5.91 Å². The zero-order valence-corrected chi connectivity index (χ0v) is 11.3. The first-order valence-corrected chi connectivity index (χ1v) is 6.69. The van der Waals surface area contributed by atoms with Crippen LogP contribution in [0.15, 0.2) is 30.6 Å². The van der Waals surface area contributed by atoms with E-state index in [9.17, 15) is 4.79 Å². The van der Waals surface area contributed by atoms with E-state index in [2.05, 4.69) is 32.7 Å². The maximum atomic E-state index is 12.1. The number of aromatic nitrogens is 2. The van der Waals surface area contributed by atoms with Gasteiger partial charge in [-0.2, -0.15) is 0 Å². The normalized spacial score (nSPS) is 12.8. The summed E-state index contributed by atoms with van der Waals surface area (Å²) in [5.74, 6) is 0.333. The van der Waals surface area contributed by atoms with E-state index >= 15 is 0 Å². The van der Waals surface area contributed by atoms with Gasteiger partial charge in [0, 0.05) is 12.7 Å². The van der Waals surface area contributed by atoms with Crippen molar-refractivity contribution in [3.63, 3.8) is 0 Å². The zero-order valence-electron chi connectivity index (χ0n) is 11.3. The predicted molar refractivity (Wildman–Crippen MR) is 78.0 cm³/mol. The molecule has 1 amide bonds. The van der Waals surface area contributed by atoms with Crippen molar-refractivity contribution in [2.75, 3.05) is 17.7 Å². The Bertz CT molecular complexity index is 654. The molecule has 2 N–H and O–H groups in total. The van der Waals surface area contributed by atoms with E-state index < -0.39 is 0 Å². The summed E-state index contributed by atoms with van der Waals surface area (Å²) in [5, 5.41) is 5.74. The van der Waals surface area contributed by atoms with Crippen LogP contribution < -0.4 is 10.6 Å². The molecule has 3 rings (SSSR count). The van der Waals surface area contributed by atoms with Gasteiger partial charge in [0.1, 0.15) is 11.5 Å². The fourth-order valence-corrected chi connectivity index (χ4v) is 2.44. The summed E-state index contributed by atoms with van der Waals surface area (Å²) >= 11 is 0. The topological polar surface area (TPSA) is 66.9 Å². The Morgan fingerprint density at radius 3 is 2.90 bits per heavy atom. The summed E-state index contributed by atoms with van der Waals surface area (Å²) < 4.78 is 0. The maximum Gasteiger partial charge on any atom is 0.275 e. The molecule has 1 aromatic carbocycles. The largest absolute Gasteiger partial charge is 0.372 e. The minimum Gasteiger partial charge on any atom is -0.372 e. The monoisotopic (exact) mass is 268 g/mol. The van der Waals surface area contributed by atoms with E-state index in [1.165, 1.54) is 23.7 Å². The van der Waals surface area contributed by atoms with Crippen molar-refractivity contribution in [3.8, 4) is 0 Å². The number of anilines is 2. The quantitative estimate of drug-likeness (QED) is 0.896. The van der Waals surface area contributed by atoms with E-state index in [1.54, 1.807) is 13.2 Å². The molecule has 102 valence electrons. The van der Waals surface area contributed by atoms with Crippen molar-refractivity contribution in [2.24, 2.45) is 0 Å². The summed E-state index contributed by atoms with van der Waals surface area (Å²) in [6.07, 6.45) is 6.46. The van der Waals surface area contributed by atoms with Crippen molar-refractivity contribution >= 4 is 17.4 Å². The average molecular weight is 268 g/mol. The van der Waals surface area contributed by atoms with Crippen LogP contribution in [-0.4, -0.2) is 22.9 Å². The second-order valence-electron chi connectivity index (χ2n) is 4.83. The number of amides is 1. The van der Waals surface area contributed by atoms with Gasteiger partial charge < -0.3 is 10.6 Å². The number of nitrogens with zero attached hydrogens (tertiary/aromatic N) is 2. The summed E-state index contributed by atoms with van der Waals surface area (Å²) in [6, 6.07) is 6.08. The van der Waals surface area contributed by atoms with Gasteiger partial charge in [0.05, 0.1) is 12.4 Å². The molecule has 1 aliphatic rings. The number of fused-ring (bicyclic) bond motifs is 1. The molecule has 0 atom stereocenters. The molecule has 2 aromatic rings. The lowest BCUT2D eigenvalue weighted by Gasteiger charge is -2.07. The van der Waals surface area contributed by atoms with Gasteiger partial charge in [-0.3, -0.25) is 9.78 Å². The lowest BCUT2D eigenvalue weighted by molar-refractivity contribution is 0.102. The second-order valence-corrected chi connectivity index (χ2v) is 4.83. The Balaban J connectivity index is 1.78. The number of rotatable bonds is 3. The Hall–Kier alpha value is -2.43. The van der Waals surface area contributed by atoms with Gasteiger partial charge in [-0.25, -0.2) is 4.98 Å². The third kappa shape index (κ3) is 2.47. The minimum atomic E-state index is -0.243. The van der Waals surface area contributed by atoms with Crippen molar-refractivity contribution in [3.05, 3.63) is 47.4 Å². The Labute approximate surface area is 117 Å². The number of carbonyl (C=O) groups excluding carboxylic acids is 1. The van der Waals surface area contributed by atoms with Crippen LogP contribution in [0.25, 0.3) is 0 Å². The number of carbonyl (C=O) groups is 1. The number of hydrogen-bond acceptors (Lipinski definition) is 4. The lowest BCUT2D eigenvalue weighted by Crippen LogP contribution is -2.15. The van der Waals surface area contributed by atoms with Crippen LogP contribution in [0.1, 0.15) is 28.0 Å². The van der Waals surface area contributed by atoms with Crippen LogP contribution in [0.4, 0.5) is 11.5 Å². The molecule has 5 nitrogen and oxygen atoms in total. The van der Waals surface area contributed by atoms with E-state index in [-0.39, 0.29) is 5.91 Å². The Morgan fingerprint density at radius 1 is 1.20 bits per heavy atom. The summed E-state index contributed by atoms with van der Waals surface area (Å²) in [4.78, 5) is 20.3. The van der Waals surface area contributed by atoms with Crippen molar-refractivity contribution in [1.29, 1.82) is 0 Å². The summed E-state index contributed by atoms with van der Waals surface area (Å²) in [7, 11) is 1.74. The van der Waals surface area contributed by atoms with Crippen LogP contribution in [0.5, 0.6) is 0 Å². The van der Waals surface area contributed by atoms with E-state index in [0.29, 0.717) is 11.5 Å². The molecule has 1 aliphatic carbocycles. The standard InChI is InChI=1S/C15H16N4O/c1-16-14-9-17-8-13(19-14)15(20)18-12-6-5-10-3-2-4-11(10)7-12/h5-9H,2-4H2,1H3,(H,16,19)(H,18,20). The highest BCUT2D eigenvalue weighted by atomic mass is 16.1. The van der Waals surface area contributed by atoms with Gasteiger partial charge in [-0.05, 0) is 42.5 Å². The van der Waals surface area contributed by atoms with Crippen LogP contribution in [0.3, 0.4) is 0 Å². The predicted octanol–water partition coefficient (Wildman–Crippen LogP) is 2.26. The minimum absolute atomic E-state index is 0.243. The SMILES string of the molecule is CNc1cncc(C(=O)Nc2ccc3c(c2)CCC3)n1. The third-order valence-corrected chi connectivity index (χ3v) is 3.48. The van der Waals surface area contributed by atoms with Gasteiger partial charge in [0.15, 0.2) is 0 Å². The van der Waals surface area contributed by atoms with Gasteiger partial charge in [0.2, 0.25) is 0 Å². The molecule has 0 saturated heterocycles. The van der Waals surface area contributed by atoms with E-state index in [1.807, 2.05) is 6.07 Å². The fourth-order valence-electron chi connectivity index (χ4n) is 2.44. The molecule has 0 radical (unpaired) electrons. The highest BCUT2D eigenvalue weighted by molar-refractivity contribution is 6.02. The molecule has 0 fully saturated rings. The summed E-state index contributed by atoms with van der Waals surface area (Å²) in [6.45, 7) is 0. The number of hydrogen-bond donors (Lipinski definition) is 2. The van der Waals surface area contributed by atoms with Crippen molar-refractivity contribution in [1.82, 2.24) is 9.97 Å². The third-order valence-electron chi connectivity index (χ3n) is 3.48. The zero-order chi connectivity index (χ0) is 13.9. The van der Waals surface area contributed by atoms with Crippen LogP contribution in [-0.2, 0) is 12.8 Å². The molecule has 20 heavy (non-hydrogen) atoms. The van der Waals surface area contributed by atoms with Crippen molar-refractivity contribution in [2.45, 2.75) is 19.3 Å². The second kappa shape index (κ2) is 5.28. The molecule has 0 aliphatic heterocycles. The number of nitrogens with one attached hydrogen (secondary N) is 2. The fraction of sp³-hybridized carbons (Fsp3) is 0.267. The van der Waals surface area contributed by atoms with Crippen molar-refractivity contribution < 1.29 is 4.79 Å². The molecule has 0 unspecified atom stereocenters. The highest BCUT2D eigenvalue weighted by Gasteiger charge is 2.13. The Morgan fingerprint density at radius 2 is 2.05 bits per heavy atom. The van der Waals surface area contributed by atoms with Crippen LogP contribution >= 0.6 is 0 Å². The van der Waals surface area contributed by atoms with E-state index in [0.717, 1.165) is 18.5 Å². The average Bonchev–Trinajstić information content (AvgIpc) is 2.95. The molecule has 0 bridgehead atoms. The number of benzene rings is 1. The van der Waals surface area contributed by atoms with Crippen LogP contribution in [0.2, 0.25) is 0 Å². The highest BCUT2D eigenvalue weighted by Crippen LogP contribution is 2.25. The lowest BCUT2D eigenvalue weighted by atomic mass is 10.1. The van der Waals surface area contributed by atoms with Gasteiger partial charge >= 0.3 is 0 Å². The molecule has 5 heteroatoms. The molecular formula is C15H16N4O. The smallest absolute Gasteiger partial charge is 0.275 e. The molecule has 0 saturated carbocycles. The Kier molecular flexibility index (Phi) is 3.33. The van der Waals surface area contributed by atoms with Crippen LogP contribution in [0, 0.1) is 0 Å². The first-order valence-electron chi connectivity index (χ1n) is 6.69. The maximum absolute atomic E-state index is 12.1. The van der Waals surface area contributed by atoms with Gasteiger partial charge in [-0.1, -0.05) is 6.07 Å². The summed E-state index contributed by atoms with van der Waals surface area (Å²) in [5.41, 5.74) is 3.84. The van der Waals surface area contributed by atoms with Gasteiger partial charge in [-0.15, -0.1) is 0 Å². The molecule has 1 aromatic heterocycles. The first-order chi connectivity index (χ1) is 9.76. The molecule has 0 spiro atoms. The molecular weight excluding hydrogens is 252 g/mol. The molecule has 1 heterocycles.